The number of hydrogen-bond donors (Lipinski definition) is 0. The maximum atomic E-state index is 12.8. The van der Waals surface area contributed by atoms with Crippen LogP contribution in [-0.2, 0) is 4.79 Å². The van der Waals surface area contributed by atoms with E-state index in [2.05, 4.69) is 0 Å². The maximum absolute atomic E-state index is 12.8. The number of amides is 1. The molecule has 0 saturated heterocycles. The Morgan fingerprint density at radius 2 is 1.36 bits per heavy atom. The number of carbonyl (C=O) groups is 3. The Balaban J connectivity index is 2.05. The van der Waals surface area contributed by atoms with E-state index >= 15 is 0 Å². The average molecular weight is 574 g/mol. The molecule has 3 aromatic carbocycles. The molecule has 1 amide bonds. The van der Waals surface area contributed by atoms with Gasteiger partial charge in [0.2, 0.25) is 0 Å². The van der Waals surface area contributed by atoms with E-state index in [0.29, 0.717) is 13.1 Å². The largest absolute Gasteiger partial charge is 0.519 e. The molecular formula is C30H27N3O9. The zero-order chi connectivity index (χ0) is 30.8. The summed E-state index contributed by atoms with van der Waals surface area (Å²) < 4.78 is 20.6. The summed E-state index contributed by atoms with van der Waals surface area (Å²) in [5.41, 5.74) is 0.607. The van der Waals surface area contributed by atoms with Crippen LogP contribution in [0.3, 0.4) is 0 Å². The highest BCUT2D eigenvalue weighted by Crippen LogP contribution is 2.40. The Bertz CT molecular complexity index is 1550. The van der Waals surface area contributed by atoms with Crippen molar-refractivity contribution < 1.29 is 38.3 Å². The lowest BCUT2D eigenvalue weighted by Crippen LogP contribution is -2.31. The lowest BCUT2D eigenvalue weighted by Gasteiger charge is -2.17. The lowest BCUT2D eigenvalue weighted by atomic mass is 10.1. The van der Waals surface area contributed by atoms with Gasteiger partial charge in [-0.3, -0.25) is 14.9 Å². The summed E-state index contributed by atoms with van der Waals surface area (Å²) >= 11 is 0. The molecule has 0 unspecified atom stereocenters. The van der Waals surface area contributed by atoms with Crippen molar-refractivity contribution in [1.29, 1.82) is 5.26 Å². The molecule has 12 heteroatoms. The monoisotopic (exact) mass is 573 g/mol. The number of benzene rings is 3. The van der Waals surface area contributed by atoms with E-state index in [4.69, 9.17) is 18.9 Å². The second kappa shape index (κ2) is 14.1. The van der Waals surface area contributed by atoms with E-state index < -0.39 is 40.3 Å². The molecule has 0 spiro atoms. The van der Waals surface area contributed by atoms with Crippen LogP contribution in [0.1, 0.15) is 30.5 Å². The Morgan fingerprint density at radius 3 is 1.81 bits per heavy atom. The number of aryl methyl sites for hydroxylation is 2. The average Bonchev–Trinajstić information content (AvgIpc) is 2.95. The van der Waals surface area contributed by atoms with Gasteiger partial charge < -0.3 is 23.8 Å². The molecule has 3 aromatic rings. The quantitative estimate of drug-likeness (QED) is 0.0726. The van der Waals surface area contributed by atoms with Crippen LogP contribution < -0.4 is 18.9 Å². The number of nitriles is 1. The van der Waals surface area contributed by atoms with Crippen molar-refractivity contribution in [1.82, 2.24) is 4.90 Å². The molecule has 0 atom stereocenters. The Hall–Kier alpha value is -5.70. The number of rotatable bonds is 9. The fourth-order valence-electron chi connectivity index (χ4n) is 3.62. The van der Waals surface area contributed by atoms with Gasteiger partial charge in [0.05, 0.1) is 4.92 Å². The van der Waals surface area contributed by atoms with Crippen LogP contribution in [0, 0.1) is 35.3 Å². The zero-order valence-electron chi connectivity index (χ0n) is 23.3. The summed E-state index contributed by atoms with van der Waals surface area (Å²) in [5, 5.41) is 21.7. The SMILES string of the molecule is CCN(CC)C(=O)C(C#N)=Cc1cc(OC(=O)Oc2ccc(C)cc2)c(OC(=O)Oc2ccc(C)cc2)c([N+](=O)[O-])c1. The van der Waals surface area contributed by atoms with Crippen LogP contribution >= 0.6 is 0 Å². The van der Waals surface area contributed by atoms with Crippen LogP contribution in [0.15, 0.2) is 66.2 Å². The smallest absolute Gasteiger partial charge is 0.395 e. The van der Waals surface area contributed by atoms with E-state index in [0.717, 1.165) is 29.3 Å². The van der Waals surface area contributed by atoms with Gasteiger partial charge in [-0.05, 0) is 69.7 Å². The highest BCUT2D eigenvalue weighted by Gasteiger charge is 2.28. The highest BCUT2D eigenvalue weighted by atomic mass is 16.7. The first-order valence-corrected chi connectivity index (χ1v) is 12.7. The van der Waals surface area contributed by atoms with Crippen LogP contribution in [0.4, 0.5) is 15.3 Å². The van der Waals surface area contributed by atoms with Gasteiger partial charge in [-0.2, -0.15) is 5.26 Å². The van der Waals surface area contributed by atoms with E-state index in [1.54, 1.807) is 44.2 Å². The number of nitro benzene ring substituents is 1. The second-order valence-corrected chi connectivity index (χ2v) is 8.81. The van der Waals surface area contributed by atoms with Crippen molar-refractivity contribution in [2.24, 2.45) is 0 Å². The Kier molecular flexibility index (Phi) is 10.3. The molecule has 0 heterocycles. The van der Waals surface area contributed by atoms with Crippen LogP contribution in [0.5, 0.6) is 23.0 Å². The van der Waals surface area contributed by atoms with Gasteiger partial charge in [-0.1, -0.05) is 35.4 Å². The molecule has 0 aromatic heterocycles. The van der Waals surface area contributed by atoms with Gasteiger partial charge in [0.25, 0.3) is 11.7 Å². The summed E-state index contributed by atoms with van der Waals surface area (Å²) in [5.74, 6) is -1.74. The standard InChI is InChI=1S/C30H27N3O9/c1-5-32(6-2)28(34)22(18-31)15-21-16-25(33(37)38)27(42-30(36)40-24-13-9-20(4)10-14-24)26(17-21)41-29(35)39-23-11-7-19(3)8-12-23/h7-17H,5-6H2,1-4H3. The van der Waals surface area contributed by atoms with Crippen molar-refractivity contribution in [3.05, 3.63) is 93.0 Å². The zero-order valence-corrected chi connectivity index (χ0v) is 23.3. The minimum absolute atomic E-state index is 0.0591. The molecule has 216 valence electrons. The minimum Gasteiger partial charge on any atom is -0.395 e. The van der Waals surface area contributed by atoms with E-state index in [1.165, 1.54) is 29.2 Å². The molecule has 0 aliphatic rings. The van der Waals surface area contributed by atoms with Crippen molar-refractivity contribution in [2.75, 3.05) is 13.1 Å². The van der Waals surface area contributed by atoms with Gasteiger partial charge in [-0.15, -0.1) is 0 Å². The topological polar surface area (TPSA) is 158 Å². The van der Waals surface area contributed by atoms with Crippen LogP contribution in [-0.4, -0.2) is 41.1 Å². The molecule has 0 bridgehead atoms. The summed E-state index contributed by atoms with van der Waals surface area (Å²) in [6, 6.07) is 16.5. The molecule has 3 rings (SSSR count). The summed E-state index contributed by atoms with van der Waals surface area (Å²) in [7, 11) is 0. The fraction of sp³-hybridized carbons (Fsp3) is 0.200. The van der Waals surface area contributed by atoms with E-state index in [1.807, 2.05) is 13.8 Å². The molecule has 0 fully saturated rings. The molecule has 12 nitrogen and oxygen atoms in total. The van der Waals surface area contributed by atoms with Crippen LogP contribution in [0.2, 0.25) is 0 Å². The van der Waals surface area contributed by atoms with Crippen molar-refractivity contribution in [3.8, 4) is 29.1 Å². The third-order valence-electron chi connectivity index (χ3n) is 5.79. The first-order chi connectivity index (χ1) is 20.0. The van der Waals surface area contributed by atoms with Crippen molar-refractivity contribution in [3.63, 3.8) is 0 Å². The van der Waals surface area contributed by atoms with Crippen molar-refractivity contribution in [2.45, 2.75) is 27.7 Å². The molecule has 0 radical (unpaired) electrons. The predicted molar refractivity (Wildman–Crippen MR) is 150 cm³/mol. The van der Waals surface area contributed by atoms with Crippen molar-refractivity contribution >= 4 is 30.0 Å². The fourth-order valence-corrected chi connectivity index (χ4v) is 3.62. The van der Waals surface area contributed by atoms with Gasteiger partial charge in [0.1, 0.15) is 23.1 Å². The van der Waals surface area contributed by atoms with E-state index in [-0.39, 0.29) is 22.6 Å². The number of nitro groups is 1. The third kappa shape index (κ3) is 8.15. The molecule has 0 aliphatic carbocycles. The lowest BCUT2D eigenvalue weighted by molar-refractivity contribution is -0.385. The summed E-state index contributed by atoms with van der Waals surface area (Å²) in [4.78, 5) is 50.6. The number of nitrogens with zero attached hydrogens (tertiary/aromatic N) is 3. The van der Waals surface area contributed by atoms with Gasteiger partial charge in [-0.25, -0.2) is 9.59 Å². The molecule has 42 heavy (non-hydrogen) atoms. The van der Waals surface area contributed by atoms with Crippen LogP contribution in [0.25, 0.3) is 6.08 Å². The molecular weight excluding hydrogens is 546 g/mol. The minimum atomic E-state index is -1.35. The molecule has 0 N–H and O–H groups in total. The number of carbonyl (C=O) groups excluding carboxylic acids is 3. The number of likely N-dealkylation sites (N-methyl/N-ethyl adjacent to an activating group) is 1. The maximum Gasteiger partial charge on any atom is 0.519 e. The first-order valence-electron chi connectivity index (χ1n) is 12.7. The third-order valence-corrected chi connectivity index (χ3v) is 5.79. The van der Waals surface area contributed by atoms with Gasteiger partial charge in [0, 0.05) is 19.2 Å². The summed E-state index contributed by atoms with van der Waals surface area (Å²) in [6.07, 6.45) is -1.55. The molecule has 0 saturated carbocycles. The normalized spacial score (nSPS) is 10.7. The second-order valence-electron chi connectivity index (χ2n) is 8.81. The van der Waals surface area contributed by atoms with E-state index in [9.17, 15) is 29.8 Å². The summed E-state index contributed by atoms with van der Waals surface area (Å²) in [6.45, 7) is 7.77. The number of hydrogen-bond acceptors (Lipinski definition) is 10. The molecule has 0 aliphatic heterocycles. The Morgan fingerprint density at radius 1 is 0.857 bits per heavy atom. The highest BCUT2D eigenvalue weighted by molar-refractivity contribution is 6.01. The van der Waals surface area contributed by atoms with Gasteiger partial charge >= 0.3 is 18.0 Å². The predicted octanol–water partition coefficient (Wildman–Crippen LogP) is 6.14. The number of ether oxygens (including phenoxy) is 4. The first kappa shape index (κ1) is 30.8. The Labute approximate surface area is 241 Å². The van der Waals surface area contributed by atoms with Gasteiger partial charge in [0.15, 0.2) is 5.75 Å².